The van der Waals surface area contributed by atoms with Crippen LogP contribution in [0.5, 0.6) is 5.75 Å². The minimum atomic E-state index is 0.630. The average Bonchev–Trinajstić information content (AvgIpc) is 2.83. The molecule has 0 atom stereocenters. The Balaban J connectivity index is 2.10. The fourth-order valence-electron chi connectivity index (χ4n) is 2.54. The lowest BCUT2D eigenvalue weighted by Gasteiger charge is -2.11. The third-order valence-electron chi connectivity index (χ3n) is 3.58. The summed E-state index contributed by atoms with van der Waals surface area (Å²) in [7, 11) is 1.64. The van der Waals surface area contributed by atoms with Crippen LogP contribution in [0.3, 0.4) is 0 Å². The van der Waals surface area contributed by atoms with Crippen molar-refractivity contribution in [2.45, 2.75) is 13.5 Å². The van der Waals surface area contributed by atoms with Crippen LogP contribution in [0, 0.1) is 18.3 Å². The van der Waals surface area contributed by atoms with Crippen LogP contribution in [0.2, 0.25) is 0 Å². The van der Waals surface area contributed by atoms with Gasteiger partial charge in [0.1, 0.15) is 11.6 Å². The van der Waals surface area contributed by atoms with Crippen molar-refractivity contribution in [1.29, 1.82) is 5.26 Å². The fourth-order valence-corrected chi connectivity index (χ4v) is 2.54. The van der Waals surface area contributed by atoms with Crippen molar-refractivity contribution < 1.29 is 4.74 Å². The van der Waals surface area contributed by atoms with Crippen molar-refractivity contribution in [2.24, 2.45) is 0 Å². The fraction of sp³-hybridized carbons (Fsp3) is 0.176. The number of aromatic nitrogens is 2. The van der Waals surface area contributed by atoms with E-state index in [4.69, 9.17) is 10.00 Å². The molecular weight excluding hydrogens is 262 g/mol. The van der Waals surface area contributed by atoms with Gasteiger partial charge in [0, 0.05) is 5.56 Å². The predicted molar refractivity (Wildman–Crippen MR) is 81.3 cm³/mol. The highest BCUT2D eigenvalue weighted by atomic mass is 16.5. The maximum atomic E-state index is 9.07. The SMILES string of the molecule is COc1ccc(C#N)cc1Cn1c(C)nc2ccccc21. The molecule has 2 aromatic carbocycles. The third-order valence-corrected chi connectivity index (χ3v) is 3.58. The van der Waals surface area contributed by atoms with Crippen molar-refractivity contribution in [2.75, 3.05) is 7.11 Å². The maximum Gasteiger partial charge on any atom is 0.123 e. The first-order chi connectivity index (χ1) is 10.2. The highest BCUT2D eigenvalue weighted by Crippen LogP contribution is 2.24. The lowest BCUT2D eigenvalue weighted by molar-refractivity contribution is 0.408. The first-order valence-electron chi connectivity index (χ1n) is 6.72. The zero-order valence-electron chi connectivity index (χ0n) is 12.0. The predicted octanol–water partition coefficient (Wildman–Crippen LogP) is 3.27. The minimum absolute atomic E-state index is 0.630. The lowest BCUT2D eigenvalue weighted by atomic mass is 10.1. The van der Waals surface area contributed by atoms with Gasteiger partial charge < -0.3 is 9.30 Å². The van der Waals surface area contributed by atoms with Crippen LogP contribution >= 0.6 is 0 Å². The number of hydrogen-bond donors (Lipinski definition) is 0. The van der Waals surface area contributed by atoms with Gasteiger partial charge in [0.2, 0.25) is 0 Å². The number of hydrogen-bond acceptors (Lipinski definition) is 3. The molecule has 0 unspecified atom stereocenters. The molecule has 0 radical (unpaired) electrons. The average molecular weight is 277 g/mol. The van der Waals surface area contributed by atoms with Crippen LogP contribution in [-0.4, -0.2) is 16.7 Å². The van der Waals surface area contributed by atoms with Gasteiger partial charge in [0.25, 0.3) is 0 Å². The van der Waals surface area contributed by atoms with Gasteiger partial charge in [-0.3, -0.25) is 0 Å². The van der Waals surface area contributed by atoms with Gasteiger partial charge in [-0.15, -0.1) is 0 Å². The molecule has 0 spiro atoms. The third kappa shape index (κ3) is 2.34. The summed E-state index contributed by atoms with van der Waals surface area (Å²) >= 11 is 0. The molecule has 0 aliphatic carbocycles. The quantitative estimate of drug-likeness (QED) is 0.738. The topological polar surface area (TPSA) is 50.8 Å². The number of benzene rings is 2. The number of nitriles is 1. The summed E-state index contributed by atoms with van der Waals surface area (Å²) < 4.78 is 7.54. The standard InChI is InChI=1S/C17H15N3O/c1-12-19-15-5-3-4-6-16(15)20(12)11-14-9-13(10-18)7-8-17(14)21-2/h3-9H,11H2,1-2H3. The number of nitrogens with zero attached hydrogens (tertiary/aromatic N) is 3. The van der Waals surface area contributed by atoms with Crippen molar-refractivity contribution in [3.8, 4) is 11.8 Å². The molecule has 0 amide bonds. The molecule has 0 saturated carbocycles. The van der Waals surface area contributed by atoms with Crippen molar-refractivity contribution >= 4 is 11.0 Å². The van der Waals surface area contributed by atoms with E-state index >= 15 is 0 Å². The molecule has 3 aromatic rings. The highest BCUT2D eigenvalue weighted by molar-refractivity contribution is 5.76. The van der Waals surface area contributed by atoms with Crippen molar-refractivity contribution in [1.82, 2.24) is 9.55 Å². The van der Waals surface area contributed by atoms with Gasteiger partial charge in [-0.2, -0.15) is 5.26 Å². The van der Waals surface area contributed by atoms with E-state index in [1.54, 1.807) is 13.2 Å². The first kappa shape index (κ1) is 13.2. The Morgan fingerprint density at radius 2 is 2.05 bits per heavy atom. The summed E-state index contributed by atoms with van der Waals surface area (Å²) in [4.78, 5) is 4.56. The van der Waals surface area contributed by atoms with Crippen molar-refractivity contribution in [3.63, 3.8) is 0 Å². The van der Waals surface area contributed by atoms with Crippen LogP contribution in [0.4, 0.5) is 0 Å². The number of fused-ring (bicyclic) bond motifs is 1. The van der Waals surface area contributed by atoms with Crippen LogP contribution in [0.1, 0.15) is 17.0 Å². The van der Waals surface area contributed by atoms with E-state index < -0.39 is 0 Å². The van der Waals surface area contributed by atoms with E-state index in [-0.39, 0.29) is 0 Å². The monoisotopic (exact) mass is 277 g/mol. The molecule has 0 aliphatic heterocycles. The summed E-state index contributed by atoms with van der Waals surface area (Å²) in [6.45, 7) is 2.62. The zero-order valence-corrected chi connectivity index (χ0v) is 12.0. The van der Waals surface area contributed by atoms with E-state index in [1.165, 1.54) is 0 Å². The molecule has 4 nitrogen and oxygen atoms in total. The van der Waals surface area contributed by atoms with Gasteiger partial charge in [-0.25, -0.2) is 4.98 Å². The van der Waals surface area contributed by atoms with Crippen LogP contribution in [0.25, 0.3) is 11.0 Å². The van der Waals surface area contributed by atoms with E-state index in [9.17, 15) is 0 Å². The van der Waals surface area contributed by atoms with Gasteiger partial charge in [-0.1, -0.05) is 12.1 Å². The summed E-state index contributed by atoms with van der Waals surface area (Å²) in [6, 6.07) is 15.7. The number of aryl methyl sites for hydroxylation is 1. The van der Waals surface area contributed by atoms with Crippen LogP contribution < -0.4 is 4.74 Å². The Kier molecular flexibility index (Phi) is 3.33. The van der Waals surface area contributed by atoms with Gasteiger partial charge in [0.05, 0.1) is 36.3 Å². The summed E-state index contributed by atoms with van der Waals surface area (Å²) in [5, 5.41) is 9.07. The summed E-state index contributed by atoms with van der Waals surface area (Å²) in [6.07, 6.45) is 0. The summed E-state index contributed by atoms with van der Waals surface area (Å²) in [5.41, 5.74) is 3.67. The highest BCUT2D eigenvalue weighted by Gasteiger charge is 2.10. The number of methoxy groups -OCH3 is 1. The molecule has 0 bridgehead atoms. The largest absolute Gasteiger partial charge is 0.496 e. The molecule has 4 heteroatoms. The molecular formula is C17H15N3O. The molecule has 21 heavy (non-hydrogen) atoms. The second-order valence-electron chi connectivity index (χ2n) is 4.87. The van der Waals surface area contributed by atoms with Crippen LogP contribution in [0.15, 0.2) is 42.5 Å². The maximum absolute atomic E-state index is 9.07. The van der Waals surface area contributed by atoms with E-state index in [2.05, 4.69) is 21.7 Å². The van der Waals surface area contributed by atoms with E-state index in [1.807, 2.05) is 37.3 Å². The normalized spacial score (nSPS) is 10.5. The number of ether oxygens (including phenoxy) is 1. The summed E-state index contributed by atoms with van der Waals surface area (Å²) in [5.74, 6) is 1.73. The molecule has 1 aromatic heterocycles. The zero-order chi connectivity index (χ0) is 14.8. The number of para-hydroxylation sites is 2. The molecule has 1 heterocycles. The Labute approximate surface area is 123 Å². The Hall–Kier alpha value is -2.80. The molecule has 3 rings (SSSR count). The Morgan fingerprint density at radius 3 is 2.81 bits per heavy atom. The first-order valence-corrected chi connectivity index (χ1v) is 6.72. The molecule has 0 saturated heterocycles. The van der Waals surface area contributed by atoms with Crippen LogP contribution in [-0.2, 0) is 6.54 Å². The lowest BCUT2D eigenvalue weighted by Crippen LogP contribution is -2.04. The second kappa shape index (κ2) is 5.29. The van der Waals surface area contributed by atoms with E-state index in [0.717, 1.165) is 28.2 Å². The number of rotatable bonds is 3. The second-order valence-corrected chi connectivity index (χ2v) is 4.87. The van der Waals surface area contributed by atoms with Crippen molar-refractivity contribution in [3.05, 3.63) is 59.4 Å². The molecule has 104 valence electrons. The Morgan fingerprint density at radius 1 is 1.24 bits per heavy atom. The van der Waals surface area contributed by atoms with Gasteiger partial charge >= 0.3 is 0 Å². The van der Waals surface area contributed by atoms with Gasteiger partial charge in [-0.05, 0) is 37.3 Å². The Bertz CT molecular complexity index is 843. The smallest absolute Gasteiger partial charge is 0.123 e. The minimum Gasteiger partial charge on any atom is -0.496 e. The molecule has 0 fully saturated rings. The van der Waals surface area contributed by atoms with Gasteiger partial charge in [0.15, 0.2) is 0 Å². The molecule has 0 aliphatic rings. The van der Waals surface area contributed by atoms with E-state index in [0.29, 0.717) is 12.1 Å². The number of imidazole rings is 1. The molecule has 0 N–H and O–H groups in total.